The largest absolute Gasteiger partial charge is 0.497 e. The highest BCUT2D eigenvalue weighted by molar-refractivity contribution is 6.00. The van der Waals surface area contributed by atoms with Crippen molar-refractivity contribution in [3.05, 3.63) is 70.8 Å². The van der Waals surface area contributed by atoms with Crippen LogP contribution in [0.5, 0.6) is 5.75 Å². The molecule has 0 radical (unpaired) electrons. The Labute approximate surface area is 131 Å². The van der Waals surface area contributed by atoms with E-state index in [1.807, 2.05) is 18.2 Å². The van der Waals surface area contributed by atoms with E-state index in [9.17, 15) is 4.79 Å². The number of ether oxygens (including phenoxy) is 1. The highest BCUT2D eigenvalue weighted by atomic mass is 16.5. The summed E-state index contributed by atoms with van der Waals surface area (Å²) in [5, 5.41) is 0. The van der Waals surface area contributed by atoms with Crippen LogP contribution in [0.25, 0.3) is 6.08 Å². The predicted molar refractivity (Wildman–Crippen MR) is 89.4 cm³/mol. The molecule has 0 atom stereocenters. The van der Waals surface area contributed by atoms with Gasteiger partial charge in [0, 0.05) is 12.0 Å². The van der Waals surface area contributed by atoms with Crippen LogP contribution in [0.3, 0.4) is 0 Å². The first-order valence-electron chi connectivity index (χ1n) is 7.72. The molecule has 2 nitrogen and oxygen atoms in total. The molecule has 112 valence electrons. The summed E-state index contributed by atoms with van der Waals surface area (Å²) in [7, 11) is 1.68. The van der Waals surface area contributed by atoms with Crippen LogP contribution in [0, 0.1) is 0 Å². The number of hydrogen-bond donors (Lipinski definition) is 0. The first-order valence-corrected chi connectivity index (χ1v) is 7.72. The summed E-state index contributed by atoms with van der Waals surface area (Å²) in [6.45, 7) is 0. The number of carbonyl (C=O) groups is 1. The maximum absolute atomic E-state index is 11.8. The maximum atomic E-state index is 11.8. The van der Waals surface area contributed by atoms with Gasteiger partial charge in [0.2, 0.25) is 0 Å². The fraction of sp³-hybridized carbons (Fsp3) is 0.250. The van der Waals surface area contributed by atoms with Crippen LogP contribution in [-0.4, -0.2) is 12.9 Å². The lowest BCUT2D eigenvalue weighted by Crippen LogP contribution is -1.91. The van der Waals surface area contributed by atoms with Crippen LogP contribution in [0.2, 0.25) is 0 Å². The number of methoxy groups -OCH3 is 1. The number of aryl methyl sites for hydroxylation is 2. The van der Waals surface area contributed by atoms with Gasteiger partial charge in [0.05, 0.1) is 7.11 Å². The van der Waals surface area contributed by atoms with Gasteiger partial charge in [0.25, 0.3) is 0 Å². The summed E-state index contributed by atoms with van der Waals surface area (Å²) in [4.78, 5) is 11.8. The van der Waals surface area contributed by atoms with E-state index in [2.05, 4.69) is 36.4 Å². The predicted octanol–water partition coefficient (Wildman–Crippen LogP) is 4.47. The number of rotatable bonds is 5. The summed E-state index contributed by atoms with van der Waals surface area (Å²) < 4.78 is 5.16. The van der Waals surface area contributed by atoms with E-state index in [4.69, 9.17) is 4.74 Å². The van der Waals surface area contributed by atoms with Gasteiger partial charge < -0.3 is 4.74 Å². The van der Waals surface area contributed by atoms with Gasteiger partial charge in [-0.05, 0) is 54.2 Å². The van der Waals surface area contributed by atoms with Crippen LogP contribution in [0.15, 0.2) is 48.5 Å². The smallest absolute Gasteiger partial charge is 0.163 e. The molecular formula is C20H20O2. The zero-order valence-electron chi connectivity index (χ0n) is 12.8. The van der Waals surface area contributed by atoms with Crippen molar-refractivity contribution in [2.45, 2.75) is 25.7 Å². The first-order chi connectivity index (χ1) is 10.8. The molecule has 0 saturated heterocycles. The number of benzene rings is 2. The molecule has 0 N–H and O–H groups in total. The number of allylic oxidation sites excluding steroid dienone is 1. The van der Waals surface area contributed by atoms with Crippen molar-refractivity contribution in [1.82, 2.24) is 0 Å². The van der Waals surface area contributed by atoms with Crippen molar-refractivity contribution in [3.8, 4) is 5.75 Å². The summed E-state index contributed by atoms with van der Waals surface area (Å²) >= 11 is 0. The maximum Gasteiger partial charge on any atom is 0.163 e. The fourth-order valence-corrected chi connectivity index (χ4v) is 2.82. The van der Waals surface area contributed by atoms with Crippen molar-refractivity contribution < 1.29 is 9.53 Å². The van der Waals surface area contributed by atoms with Crippen LogP contribution < -0.4 is 4.74 Å². The molecule has 2 aromatic carbocycles. The molecule has 2 heteroatoms. The molecular weight excluding hydrogens is 272 g/mol. The lowest BCUT2D eigenvalue weighted by molar-refractivity contribution is 0.0994. The fourth-order valence-electron chi connectivity index (χ4n) is 2.82. The molecule has 0 fully saturated rings. The van der Waals surface area contributed by atoms with Crippen LogP contribution in [-0.2, 0) is 12.8 Å². The van der Waals surface area contributed by atoms with Gasteiger partial charge in [0.1, 0.15) is 5.75 Å². The monoisotopic (exact) mass is 292 g/mol. The Morgan fingerprint density at radius 1 is 1.09 bits per heavy atom. The van der Waals surface area contributed by atoms with Gasteiger partial charge in [-0.3, -0.25) is 4.79 Å². The molecule has 2 aromatic rings. The van der Waals surface area contributed by atoms with Crippen LogP contribution in [0.1, 0.15) is 39.9 Å². The van der Waals surface area contributed by atoms with Crippen molar-refractivity contribution in [1.29, 1.82) is 0 Å². The van der Waals surface area contributed by atoms with Gasteiger partial charge in [-0.25, -0.2) is 0 Å². The van der Waals surface area contributed by atoms with E-state index in [1.54, 1.807) is 7.11 Å². The second-order valence-corrected chi connectivity index (χ2v) is 5.63. The second kappa shape index (κ2) is 6.61. The quantitative estimate of drug-likeness (QED) is 0.812. The van der Waals surface area contributed by atoms with Crippen LogP contribution >= 0.6 is 0 Å². The molecule has 1 aliphatic carbocycles. The highest BCUT2D eigenvalue weighted by Gasteiger charge is 2.18. The van der Waals surface area contributed by atoms with Crippen molar-refractivity contribution in [2.75, 3.05) is 7.11 Å². The molecule has 1 aliphatic rings. The van der Waals surface area contributed by atoms with E-state index in [-0.39, 0.29) is 5.78 Å². The van der Waals surface area contributed by atoms with E-state index >= 15 is 0 Å². The lowest BCUT2D eigenvalue weighted by Gasteiger charge is -2.02. The van der Waals surface area contributed by atoms with Gasteiger partial charge in [-0.2, -0.15) is 0 Å². The molecule has 3 rings (SSSR count). The third-order valence-corrected chi connectivity index (χ3v) is 4.12. The number of carbonyl (C=O) groups excluding carboxylic acids is 1. The summed E-state index contributed by atoms with van der Waals surface area (Å²) in [6.07, 6.45) is 7.83. The minimum absolute atomic E-state index is 0.281. The van der Waals surface area contributed by atoms with Crippen molar-refractivity contribution >= 4 is 11.9 Å². The lowest BCUT2D eigenvalue weighted by atomic mass is 10.0. The first kappa shape index (κ1) is 14.6. The molecule has 22 heavy (non-hydrogen) atoms. The van der Waals surface area contributed by atoms with Gasteiger partial charge in [-0.15, -0.1) is 0 Å². The minimum atomic E-state index is 0.281. The zero-order valence-corrected chi connectivity index (χ0v) is 12.8. The molecule has 0 aromatic heterocycles. The molecule has 0 aliphatic heterocycles. The van der Waals surface area contributed by atoms with Crippen molar-refractivity contribution in [3.63, 3.8) is 0 Å². The van der Waals surface area contributed by atoms with Gasteiger partial charge in [0.15, 0.2) is 5.78 Å². The molecule has 0 heterocycles. The Kier molecular flexibility index (Phi) is 4.38. The van der Waals surface area contributed by atoms with E-state index in [1.165, 1.54) is 11.1 Å². The summed E-state index contributed by atoms with van der Waals surface area (Å²) in [5.41, 5.74) is 4.52. The Hall–Kier alpha value is -2.35. The number of fused-ring (bicyclic) bond motifs is 1. The van der Waals surface area contributed by atoms with Crippen LogP contribution in [0.4, 0.5) is 0 Å². The van der Waals surface area contributed by atoms with E-state index in [0.717, 1.165) is 36.1 Å². The Bertz CT molecular complexity index is 696. The summed E-state index contributed by atoms with van der Waals surface area (Å²) in [6, 6.07) is 14.4. The van der Waals surface area contributed by atoms with E-state index < -0.39 is 0 Å². The summed E-state index contributed by atoms with van der Waals surface area (Å²) in [5.74, 6) is 1.17. The second-order valence-electron chi connectivity index (χ2n) is 5.63. The highest BCUT2D eigenvalue weighted by Crippen LogP contribution is 2.23. The Balaban J connectivity index is 1.58. The Morgan fingerprint density at radius 2 is 1.91 bits per heavy atom. The zero-order chi connectivity index (χ0) is 15.4. The SMILES string of the molecule is COc1ccc(CCC=Cc2ccc3c(c2)C(=O)CC3)cc1. The third kappa shape index (κ3) is 3.28. The normalized spacial score (nSPS) is 13.6. The number of ketones is 1. The average Bonchev–Trinajstić information content (AvgIpc) is 2.93. The topological polar surface area (TPSA) is 26.3 Å². The van der Waals surface area contributed by atoms with Gasteiger partial charge >= 0.3 is 0 Å². The molecule has 0 bridgehead atoms. The average molecular weight is 292 g/mol. The number of hydrogen-bond acceptors (Lipinski definition) is 2. The van der Waals surface area contributed by atoms with Crippen molar-refractivity contribution in [2.24, 2.45) is 0 Å². The van der Waals surface area contributed by atoms with Gasteiger partial charge in [-0.1, -0.05) is 36.4 Å². The third-order valence-electron chi connectivity index (χ3n) is 4.12. The molecule has 0 unspecified atom stereocenters. The number of Topliss-reactive ketones (excluding diaryl/α,β-unsaturated/α-hetero) is 1. The standard InChI is InChI=1S/C20H20O2/c1-22-18-11-7-15(8-12-18)4-2-3-5-16-6-9-17-10-13-20(21)19(17)14-16/h3,5-9,11-12,14H,2,4,10,13H2,1H3. The molecule has 0 spiro atoms. The Morgan fingerprint density at radius 3 is 2.68 bits per heavy atom. The van der Waals surface area contributed by atoms with E-state index in [0.29, 0.717) is 6.42 Å². The molecule has 0 amide bonds. The minimum Gasteiger partial charge on any atom is -0.497 e. The molecule has 0 saturated carbocycles.